The van der Waals surface area contributed by atoms with Crippen molar-refractivity contribution < 1.29 is 13.2 Å². The van der Waals surface area contributed by atoms with Gasteiger partial charge in [-0.3, -0.25) is 4.79 Å². The number of rotatable bonds is 6. The summed E-state index contributed by atoms with van der Waals surface area (Å²) in [6.07, 6.45) is 4.12. The van der Waals surface area contributed by atoms with E-state index >= 15 is 0 Å². The summed E-state index contributed by atoms with van der Waals surface area (Å²) in [6, 6.07) is 9.92. The molecule has 0 bridgehead atoms. The molecule has 1 saturated carbocycles. The van der Waals surface area contributed by atoms with E-state index < -0.39 is 15.4 Å². The van der Waals surface area contributed by atoms with Crippen molar-refractivity contribution in [3.05, 3.63) is 35.9 Å². The summed E-state index contributed by atoms with van der Waals surface area (Å²) in [5.74, 6) is 0.451. The molecule has 1 aromatic rings. The molecule has 2 aliphatic rings. The molecule has 150 valence electrons. The smallest absolute Gasteiger partial charge is 0.230 e. The highest BCUT2D eigenvalue weighted by Crippen LogP contribution is 2.37. The van der Waals surface area contributed by atoms with Crippen molar-refractivity contribution >= 4 is 15.9 Å². The van der Waals surface area contributed by atoms with E-state index in [1.807, 2.05) is 30.3 Å². The number of nitrogens with zero attached hydrogens (tertiary/aromatic N) is 1. The number of nitrogens with one attached hydrogen (secondary N) is 1. The van der Waals surface area contributed by atoms with E-state index in [-0.39, 0.29) is 17.7 Å². The van der Waals surface area contributed by atoms with Gasteiger partial charge in [0, 0.05) is 19.1 Å². The van der Waals surface area contributed by atoms with Crippen LogP contribution in [0.15, 0.2) is 30.3 Å². The number of piperidine rings is 1. The molecule has 1 aromatic carbocycles. The molecule has 1 aliphatic heterocycles. The lowest BCUT2D eigenvalue weighted by atomic mass is 9.72. The summed E-state index contributed by atoms with van der Waals surface area (Å²) in [6.45, 7) is 3.01. The van der Waals surface area contributed by atoms with Gasteiger partial charge in [-0.15, -0.1) is 0 Å². The van der Waals surface area contributed by atoms with Gasteiger partial charge in [0.2, 0.25) is 15.9 Å². The van der Waals surface area contributed by atoms with Gasteiger partial charge in [0.15, 0.2) is 0 Å². The van der Waals surface area contributed by atoms with Crippen LogP contribution >= 0.6 is 0 Å². The third kappa shape index (κ3) is 4.05. The summed E-state index contributed by atoms with van der Waals surface area (Å²) in [7, 11) is -3.23. The Hall–Kier alpha value is -1.44. The molecule has 0 radical (unpaired) electrons. The Labute approximate surface area is 162 Å². The van der Waals surface area contributed by atoms with Crippen LogP contribution in [-0.4, -0.2) is 50.1 Å². The Morgan fingerprint density at radius 2 is 1.89 bits per heavy atom. The molecular weight excluding hydrogens is 362 g/mol. The number of amides is 1. The lowest BCUT2D eigenvalue weighted by Gasteiger charge is -2.41. The first kappa shape index (κ1) is 20.3. The largest absolute Gasteiger partial charge is 0.352 e. The van der Waals surface area contributed by atoms with E-state index in [4.69, 9.17) is 5.73 Å². The molecule has 1 amide bonds. The van der Waals surface area contributed by atoms with Crippen molar-refractivity contribution in [1.29, 1.82) is 0 Å². The van der Waals surface area contributed by atoms with Gasteiger partial charge in [-0.05, 0) is 50.6 Å². The van der Waals surface area contributed by atoms with Gasteiger partial charge in [0.05, 0.1) is 11.2 Å². The molecule has 2 fully saturated rings. The second-order valence-corrected chi connectivity index (χ2v) is 10.0. The van der Waals surface area contributed by atoms with E-state index in [9.17, 15) is 13.2 Å². The number of sulfonamides is 1. The predicted octanol–water partition coefficient (Wildman–Crippen LogP) is 1.61. The summed E-state index contributed by atoms with van der Waals surface area (Å²) < 4.78 is 26.0. The van der Waals surface area contributed by atoms with Crippen molar-refractivity contribution in [1.82, 2.24) is 9.62 Å². The predicted molar refractivity (Wildman–Crippen MR) is 107 cm³/mol. The van der Waals surface area contributed by atoms with E-state index in [2.05, 4.69) is 5.32 Å². The highest BCUT2D eigenvalue weighted by atomic mass is 32.2. The van der Waals surface area contributed by atoms with Crippen LogP contribution in [-0.2, 0) is 20.2 Å². The summed E-state index contributed by atoms with van der Waals surface area (Å²) >= 11 is 0. The SMILES string of the molecule is CCS(=O)(=O)N1CCC(C(=O)NC2CCCC2CN)(c2ccccc2)CC1. The van der Waals surface area contributed by atoms with Gasteiger partial charge in [-0.2, -0.15) is 0 Å². The first-order valence-corrected chi connectivity index (χ1v) is 11.6. The van der Waals surface area contributed by atoms with Crippen molar-refractivity contribution in [2.45, 2.75) is 50.5 Å². The number of carbonyl (C=O) groups excluding carboxylic acids is 1. The lowest BCUT2D eigenvalue weighted by molar-refractivity contribution is -0.129. The Balaban J connectivity index is 1.83. The maximum atomic E-state index is 13.4. The average molecular weight is 394 g/mol. The van der Waals surface area contributed by atoms with Gasteiger partial charge in [-0.25, -0.2) is 12.7 Å². The fraction of sp³-hybridized carbons (Fsp3) is 0.650. The van der Waals surface area contributed by atoms with Crippen molar-refractivity contribution in [2.24, 2.45) is 11.7 Å². The molecule has 7 heteroatoms. The zero-order chi connectivity index (χ0) is 19.5. The highest BCUT2D eigenvalue weighted by Gasteiger charge is 2.45. The first-order valence-electron chi connectivity index (χ1n) is 9.97. The highest BCUT2D eigenvalue weighted by molar-refractivity contribution is 7.89. The average Bonchev–Trinajstić information content (AvgIpc) is 3.15. The Morgan fingerprint density at radius 1 is 1.22 bits per heavy atom. The maximum absolute atomic E-state index is 13.4. The van der Waals surface area contributed by atoms with Crippen molar-refractivity contribution in [3.63, 3.8) is 0 Å². The molecule has 0 spiro atoms. The molecular formula is C20H31N3O3S. The number of nitrogens with two attached hydrogens (primary N) is 1. The molecule has 2 atom stereocenters. The zero-order valence-electron chi connectivity index (χ0n) is 16.1. The monoisotopic (exact) mass is 393 g/mol. The normalized spacial score (nSPS) is 26.0. The van der Waals surface area contributed by atoms with Crippen LogP contribution in [0.1, 0.15) is 44.6 Å². The molecule has 0 aromatic heterocycles. The van der Waals surface area contributed by atoms with Crippen molar-refractivity contribution in [3.8, 4) is 0 Å². The minimum Gasteiger partial charge on any atom is -0.352 e. The van der Waals surface area contributed by atoms with Gasteiger partial charge in [0.1, 0.15) is 0 Å². The molecule has 3 rings (SSSR count). The van der Waals surface area contributed by atoms with Gasteiger partial charge in [-0.1, -0.05) is 36.8 Å². The summed E-state index contributed by atoms with van der Waals surface area (Å²) in [5, 5.41) is 3.27. The molecule has 1 aliphatic carbocycles. The second-order valence-electron chi connectivity index (χ2n) is 7.75. The minimum atomic E-state index is -3.23. The van der Waals surface area contributed by atoms with Crippen molar-refractivity contribution in [2.75, 3.05) is 25.4 Å². The Kier molecular flexibility index (Phi) is 6.23. The van der Waals surface area contributed by atoms with Crippen LogP contribution < -0.4 is 11.1 Å². The quantitative estimate of drug-likeness (QED) is 0.768. The van der Waals surface area contributed by atoms with Crippen LogP contribution in [0.25, 0.3) is 0 Å². The van der Waals surface area contributed by atoms with E-state index in [1.54, 1.807) is 6.92 Å². The van der Waals surface area contributed by atoms with Gasteiger partial charge < -0.3 is 11.1 Å². The molecule has 2 unspecified atom stereocenters. The fourth-order valence-corrected chi connectivity index (χ4v) is 5.65. The third-order valence-corrected chi connectivity index (χ3v) is 8.26. The fourth-order valence-electron chi connectivity index (χ4n) is 4.55. The molecule has 3 N–H and O–H groups in total. The topological polar surface area (TPSA) is 92.5 Å². The molecule has 27 heavy (non-hydrogen) atoms. The van der Waals surface area contributed by atoms with Crippen LogP contribution in [0.3, 0.4) is 0 Å². The van der Waals surface area contributed by atoms with E-state index in [0.29, 0.717) is 38.4 Å². The van der Waals surface area contributed by atoms with Crippen LogP contribution in [0.2, 0.25) is 0 Å². The number of hydrogen-bond acceptors (Lipinski definition) is 4. The van der Waals surface area contributed by atoms with Crippen LogP contribution in [0, 0.1) is 5.92 Å². The Bertz CT molecular complexity index is 743. The molecule has 1 heterocycles. The number of carbonyl (C=O) groups is 1. The molecule has 1 saturated heterocycles. The number of benzene rings is 1. The van der Waals surface area contributed by atoms with Gasteiger partial charge in [0.25, 0.3) is 0 Å². The molecule has 6 nitrogen and oxygen atoms in total. The van der Waals surface area contributed by atoms with E-state index in [1.165, 1.54) is 4.31 Å². The van der Waals surface area contributed by atoms with Gasteiger partial charge >= 0.3 is 0 Å². The van der Waals surface area contributed by atoms with E-state index in [0.717, 1.165) is 24.8 Å². The standard InChI is InChI=1S/C20H31N3O3S/c1-2-27(25,26)23-13-11-20(12-14-23,17-8-4-3-5-9-17)19(24)22-18-10-6-7-16(18)15-21/h3-5,8-9,16,18H,2,6-7,10-15,21H2,1H3,(H,22,24). The maximum Gasteiger partial charge on any atom is 0.230 e. The second kappa shape index (κ2) is 8.29. The minimum absolute atomic E-state index is 0.0209. The first-order chi connectivity index (χ1) is 12.9. The zero-order valence-corrected chi connectivity index (χ0v) is 16.9. The Morgan fingerprint density at radius 3 is 2.48 bits per heavy atom. The summed E-state index contributed by atoms with van der Waals surface area (Å²) in [5.41, 5.74) is 6.17. The third-order valence-electron chi connectivity index (χ3n) is 6.37. The van der Waals surface area contributed by atoms with Crippen LogP contribution in [0.5, 0.6) is 0 Å². The lowest BCUT2D eigenvalue weighted by Crippen LogP contribution is -2.55. The summed E-state index contributed by atoms with van der Waals surface area (Å²) in [4.78, 5) is 13.4. The number of hydrogen-bond donors (Lipinski definition) is 2. The van der Waals surface area contributed by atoms with Crippen LogP contribution in [0.4, 0.5) is 0 Å².